The van der Waals surface area contributed by atoms with Crippen molar-refractivity contribution in [2.24, 2.45) is 13.0 Å². The normalized spacial score (nSPS) is 14.8. The van der Waals surface area contributed by atoms with Gasteiger partial charge in [0, 0.05) is 30.4 Å². The Morgan fingerprint density at radius 3 is 2.54 bits per heavy atom. The lowest BCUT2D eigenvalue weighted by molar-refractivity contribution is 0.159. The number of rotatable bonds is 7. The zero-order valence-electron chi connectivity index (χ0n) is 20.0. The zero-order valence-corrected chi connectivity index (χ0v) is 20.0. The second-order valence-electron chi connectivity index (χ2n) is 9.12. The maximum absolute atomic E-state index is 12.4. The average molecular weight is 472 g/mol. The van der Waals surface area contributed by atoms with Crippen molar-refractivity contribution in [2.45, 2.75) is 19.4 Å². The summed E-state index contributed by atoms with van der Waals surface area (Å²) in [6.07, 6.45) is 9.38. The van der Waals surface area contributed by atoms with E-state index >= 15 is 0 Å². The fraction of sp³-hybridized carbons (Fsp3) is 0.346. The molecule has 1 aromatic carbocycles. The number of likely N-dealkylation sites (tertiary alicyclic amines) is 1. The lowest BCUT2D eigenvalue weighted by atomic mass is 9.98. The van der Waals surface area contributed by atoms with Crippen molar-refractivity contribution in [1.82, 2.24) is 34.4 Å². The van der Waals surface area contributed by atoms with Gasteiger partial charge in [0.15, 0.2) is 11.6 Å². The quantitative estimate of drug-likeness (QED) is 0.409. The second-order valence-corrected chi connectivity index (χ2v) is 9.12. The van der Waals surface area contributed by atoms with Gasteiger partial charge >= 0.3 is 0 Å². The lowest BCUT2D eigenvalue weighted by Gasteiger charge is -2.28. The molecule has 0 radical (unpaired) electrons. The van der Waals surface area contributed by atoms with Gasteiger partial charge in [0.25, 0.3) is 5.56 Å². The van der Waals surface area contributed by atoms with Crippen LogP contribution in [0.1, 0.15) is 18.4 Å². The Hall–Kier alpha value is -3.85. The minimum Gasteiger partial charge on any atom is -0.490 e. The molecule has 0 bridgehead atoms. The molecule has 1 aliphatic rings. The number of aryl methyl sites for hydroxylation is 1. The summed E-state index contributed by atoms with van der Waals surface area (Å²) >= 11 is 0. The van der Waals surface area contributed by atoms with Gasteiger partial charge in [-0.05, 0) is 56.6 Å². The van der Waals surface area contributed by atoms with E-state index in [1.54, 1.807) is 29.3 Å². The van der Waals surface area contributed by atoms with E-state index < -0.39 is 0 Å². The molecule has 0 atom stereocenters. The number of hydrogen-bond acceptors (Lipinski definition) is 7. The monoisotopic (exact) mass is 471 g/mol. The number of nitrogens with zero attached hydrogens (tertiary/aromatic N) is 7. The molecular weight excluding hydrogens is 442 g/mol. The summed E-state index contributed by atoms with van der Waals surface area (Å²) in [6.45, 7) is 3.29. The van der Waals surface area contributed by atoms with Crippen LogP contribution in [-0.2, 0) is 13.6 Å². The summed E-state index contributed by atoms with van der Waals surface area (Å²) < 4.78 is 9.11. The van der Waals surface area contributed by atoms with E-state index in [-0.39, 0.29) is 5.56 Å². The van der Waals surface area contributed by atoms with Gasteiger partial charge in [0.05, 0.1) is 37.4 Å². The van der Waals surface area contributed by atoms with Gasteiger partial charge in [-0.25, -0.2) is 14.6 Å². The third-order valence-corrected chi connectivity index (χ3v) is 6.34. The molecule has 1 aliphatic heterocycles. The molecule has 180 valence electrons. The van der Waals surface area contributed by atoms with Gasteiger partial charge in [-0.1, -0.05) is 18.2 Å². The molecule has 35 heavy (non-hydrogen) atoms. The van der Waals surface area contributed by atoms with Gasteiger partial charge in [-0.15, -0.1) is 0 Å². The van der Waals surface area contributed by atoms with Gasteiger partial charge in [0.1, 0.15) is 0 Å². The van der Waals surface area contributed by atoms with Gasteiger partial charge in [-0.2, -0.15) is 10.2 Å². The average Bonchev–Trinajstić information content (AvgIpc) is 3.32. The number of hydrogen-bond donors (Lipinski definition) is 0. The maximum Gasteiger partial charge on any atom is 0.267 e. The number of benzene rings is 1. The Morgan fingerprint density at radius 2 is 1.80 bits per heavy atom. The van der Waals surface area contributed by atoms with Crippen molar-refractivity contribution >= 4 is 0 Å². The van der Waals surface area contributed by atoms with Gasteiger partial charge < -0.3 is 9.64 Å². The Kier molecular flexibility index (Phi) is 6.67. The first kappa shape index (κ1) is 22.9. The summed E-state index contributed by atoms with van der Waals surface area (Å²) in [6, 6.07) is 11.1. The third kappa shape index (κ3) is 5.63. The molecule has 9 nitrogen and oxygen atoms in total. The predicted octanol–water partition coefficient (Wildman–Crippen LogP) is 2.87. The molecule has 0 aliphatic carbocycles. The van der Waals surface area contributed by atoms with Crippen LogP contribution in [0.3, 0.4) is 0 Å². The van der Waals surface area contributed by atoms with E-state index in [9.17, 15) is 4.79 Å². The first-order chi connectivity index (χ1) is 17.0. The van der Waals surface area contributed by atoms with Crippen LogP contribution >= 0.6 is 0 Å². The number of ether oxygens (including phenoxy) is 1. The molecule has 0 spiro atoms. The minimum absolute atomic E-state index is 0.162. The molecule has 1 saturated heterocycles. The molecule has 4 aromatic rings. The lowest BCUT2D eigenvalue weighted by Crippen LogP contribution is -2.32. The Balaban J connectivity index is 1.27. The van der Waals surface area contributed by atoms with Crippen LogP contribution in [0, 0.1) is 5.92 Å². The molecule has 4 heterocycles. The van der Waals surface area contributed by atoms with Crippen LogP contribution in [0.5, 0.6) is 5.75 Å². The largest absolute Gasteiger partial charge is 0.490 e. The fourth-order valence-corrected chi connectivity index (χ4v) is 4.23. The van der Waals surface area contributed by atoms with E-state index in [1.165, 1.54) is 10.7 Å². The standard InChI is InChI=1S/C26H29N7O2/c1-31-10-8-19(9-11-31)18-35-23-14-27-26(28-15-23)21-5-3-4-20(12-21)16-33-25(34)7-6-24(30-33)22-13-29-32(2)17-22/h3-7,12-15,17,19H,8-11,16,18H2,1-2H3. The summed E-state index contributed by atoms with van der Waals surface area (Å²) in [5.74, 6) is 1.88. The van der Waals surface area contributed by atoms with Crippen molar-refractivity contribution < 1.29 is 4.74 Å². The molecule has 1 fully saturated rings. The van der Waals surface area contributed by atoms with Crippen molar-refractivity contribution in [2.75, 3.05) is 26.7 Å². The molecule has 5 rings (SSSR count). The molecule has 0 amide bonds. The van der Waals surface area contributed by atoms with Crippen molar-refractivity contribution in [1.29, 1.82) is 0 Å². The first-order valence-corrected chi connectivity index (χ1v) is 11.8. The van der Waals surface area contributed by atoms with Crippen molar-refractivity contribution in [3.63, 3.8) is 0 Å². The number of piperidine rings is 1. The fourth-order valence-electron chi connectivity index (χ4n) is 4.23. The van der Waals surface area contributed by atoms with Crippen LogP contribution in [0.2, 0.25) is 0 Å². The predicted molar refractivity (Wildman–Crippen MR) is 133 cm³/mol. The highest BCUT2D eigenvalue weighted by atomic mass is 16.5. The van der Waals surface area contributed by atoms with Crippen LogP contribution < -0.4 is 10.3 Å². The van der Waals surface area contributed by atoms with Gasteiger partial charge in [0.2, 0.25) is 0 Å². The van der Waals surface area contributed by atoms with Crippen molar-refractivity contribution in [3.05, 3.63) is 77.1 Å². The topological polar surface area (TPSA) is 91.0 Å². The molecule has 0 N–H and O–H groups in total. The highest BCUT2D eigenvalue weighted by molar-refractivity contribution is 5.57. The molecule has 3 aromatic heterocycles. The van der Waals surface area contributed by atoms with Crippen molar-refractivity contribution in [3.8, 4) is 28.4 Å². The minimum atomic E-state index is -0.162. The smallest absolute Gasteiger partial charge is 0.267 e. The maximum atomic E-state index is 12.4. The molecule has 0 unspecified atom stereocenters. The Morgan fingerprint density at radius 1 is 1.00 bits per heavy atom. The highest BCUT2D eigenvalue weighted by Gasteiger charge is 2.17. The molecule has 9 heteroatoms. The number of aromatic nitrogens is 6. The van der Waals surface area contributed by atoms with Crippen LogP contribution in [-0.4, -0.2) is 61.2 Å². The van der Waals surface area contributed by atoms with E-state index in [2.05, 4.69) is 32.1 Å². The van der Waals surface area contributed by atoms with E-state index in [1.807, 2.05) is 37.5 Å². The third-order valence-electron chi connectivity index (χ3n) is 6.34. The van der Waals surface area contributed by atoms with Gasteiger partial charge in [-0.3, -0.25) is 9.48 Å². The molecule has 0 saturated carbocycles. The summed E-state index contributed by atoms with van der Waals surface area (Å²) in [5, 5.41) is 8.71. The van der Waals surface area contributed by atoms with Crippen LogP contribution in [0.15, 0.2) is 66.0 Å². The Labute approximate surface area is 204 Å². The second kappa shape index (κ2) is 10.2. The van der Waals surface area contributed by atoms with Crippen LogP contribution in [0.25, 0.3) is 22.6 Å². The highest BCUT2D eigenvalue weighted by Crippen LogP contribution is 2.21. The SMILES string of the molecule is CN1CCC(COc2cnc(-c3cccc(Cn4nc(-c5cnn(C)c5)ccc4=O)c3)nc2)CC1. The van der Waals surface area contributed by atoms with E-state index in [4.69, 9.17) is 4.74 Å². The molecular formula is C26H29N7O2. The Bertz CT molecular complexity index is 1340. The van der Waals surface area contributed by atoms with E-state index in [0.29, 0.717) is 36.3 Å². The van der Waals surface area contributed by atoms with E-state index in [0.717, 1.165) is 42.6 Å². The zero-order chi connectivity index (χ0) is 24.2. The first-order valence-electron chi connectivity index (χ1n) is 11.8. The summed E-state index contributed by atoms with van der Waals surface area (Å²) in [7, 11) is 4.01. The summed E-state index contributed by atoms with van der Waals surface area (Å²) in [4.78, 5) is 23.8. The summed E-state index contributed by atoms with van der Waals surface area (Å²) in [5.41, 5.74) is 3.22. The van der Waals surface area contributed by atoms with Crippen LogP contribution in [0.4, 0.5) is 0 Å².